The molecule has 24 heavy (non-hydrogen) atoms. The van der Waals surface area contributed by atoms with E-state index in [9.17, 15) is 14.5 Å². The predicted molar refractivity (Wildman–Crippen MR) is 88.4 cm³/mol. The molecule has 5 N–H and O–H groups in total. The maximum Gasteiger partial charge on any atom is 0.469 e. The molecular weight excluding hydrogens is 359 g/mol. The largest absolute Gasteiger partial charge is 0.506 e. The van der Waals surface area contributed by atoms with Crippen molar-refractivity contribution in [2.75, 3.05) is 12.0 Å². The van der Waals surface area contributed by atoms with Gasteiger partial charge in [-0.3, -0.25) is 9.51 Å². The number of pyridine rings is 1. The SMILES string of the molecule is CSC/C=C(/NCc1c(COP(=O)(O)O)cnc(C)c1O)C(=O)O. The van der Waals surface area contributed by atoms with E-state index in [0.717, 1.165) is 0 Å². The first kappa shape index (κ1) is 20.5. The topological polar surface area (TPSA) is 149 Å². The average Bonchev–Trinajstić information content (AvgIpc) is 2.48. The van der Waals surface area contributed by atoms with Crippen molar-refractivity contribution >= 4 is 25.6 Å². The third kappa shape index (κ3) is 6.50. The summed E-state index contributed by atoms with van der Waals surface area (Å²) < 4.78 is 15.2. The summed E-state index contributed by atoms with van der Waals surface area (Å²) in [6.45, 7) is 1.01. The maximum atomic E-state index is 11.2. The second-order valence-corrected chi connectivity index (χ2v) is 6.84. The number of thioether (sulfide) groups is 1. The van der Waals surface area contributed by atoms with Crippen LogP contribution in [0.25, 0.3) is 0 Å². The number of carboxylic acids is 1. The smallest absolute Gasteiger partial charge is 0.469 e. The molecule has 0 saturated heterocycles. The lowest BCUT2D eigenvalue weighted by molar-refractivity contribution is -0.133. The van der Waals surface area contributed by atoms with Crippen LogP contribution in [0.3, 0.4) is 0 Å². The number of carbonyl (C=O) groups is 1. The van der Waals surface area contributed by atoms with Crippen molar-refractivity contribution in [1.29, 1.82) is 0 Å². The molecule has 0 bridgehead atoms. The number of aromatic hydroxyl groups is 1. The Balaban J connectivity index is 3.01. The monoisotopic (exact) mass is 378 g/mol. The molecule has 0 radical (unpaired) electrons. The van der Waals surface area contributed by atoms with Gasteiger partial charge in [0.25, 0.3) is 0 Å². The Labute approximate surface area is 143 Å². The summed E-state index contributed by atoms with van der Waals surface area (Å²) in [5.74, 6) is -0.851. The number of aliphatic carboxylic acids is 1. The fourth-order valence-electron chi connectivity index (χ4n) is 1.74. The standard InChI is InChI=1S/C13H19N2O7PS/c1-8-12(16)10(6-15-11(13(17)18)3-4-24-2)9(5-14-8)7-22-23(19,20)21/h3,5,15-16H,4,6-7H2,1-2H3,(H,17,18)(H2,19,20,21)/b11-3+. The van der Waals surface area contributed by atoms with E-state index in [0.29, 0.717) is 11.4 Å². The zero-order chi connectivity index (χ0) is 18.3. The summed E-state index contributed by atoms with van der Waals surface area (Å²) >= 11 is 1.44. The van der Waals surface area contributed by atoms with Crippen molar-refractivity contribution in [3.05, 3.63) is 34.8 Å². The number of rotatable bonds is 9. The summed E-state index contributed by atoms with van der Waals surface area (Å²) in [6, 6.07) is 0. The fourth-order valence-corrected chi connectivity index (χ4v) is 2.39. The molecule has 0 atom stereocenters. The van der Waals surface area contributed by atoms with Crippen LogP contribution >= 0.6 is 19.6 Å². The molecule has 0 aromatic carbocycles. The highest BCUT2D eigenvalue weighted by Crippen LogP contribution is 2.38. The Bertz CT molecular complexity index is 675. The van der Waals surface area contributed by atoms with Gasteiger partial charge in [-0.05, 0) is 19.3 Å². The fraction of sp³-hybridized carbons (Fsp3) is 0.385. The number of aryl methyl sites for hydroxylation is 1. The predicted octanol–water partition coefficient (Wildman–Crippen LogP) is 1.13. The maximum absolute atomic E-state index is 11.2. The first-order valence-electron chi connectivity index (χ1n) is 6.68. The number of phosphoric acid groups is 1. The van der Waals surface area contributed by atoms with E-state index in [4.69, 9.17) is 14.9 Å². The van der Waals surface area contributed by atoms with E-state index >= 15 is 0 Å². The van der Waals surface area contributed by atoms with Crippen LogP contribution in [0.4, 0.5) is 0 Å². The number of hydrogen-bond acceptors (Lipinski definition) is 7. The van der Waals surface area contributed by atoms with Gasteiger partial charge in [0, 0.05) is 29.6 Å². The molecule has 0 aliphatic heterocycles. The normalized spacial score (nSPS) is 12.2. The zero-order valence-corrected chi connectivity index (χ0v) is 14.8. The van der Waals surface area contributed by atoms with Gasteiger partial charge in [0.2, 0.25) is 0 Å². The van der Waals surface area contributed by atoms with Crippen LogP contribution in [0.15, 0.2) is 18.0 Å². The highest BCUT2D eigenvalue weighted by molar-refractivity contribution is 7.98. The summed E-state index contributed by atoms with van der Waals surface area (Å²) in [6.07, 6.45) is 4.63. The highest BCUT2D eigenvalue weighted by Gasteiger charge is 2.18. The van der Waals surface area contributed by atoms with E-state index in [1.807, 2.05) is 6.26 Å². The van der Waals surface area contributed by atoms with Gasteiger partial charge < -0.3 is 25.3 Å². The van der Waals surface area contributed by atoms with Crippen molar-refractivity contribution in [3.63, 3.8) is 0 Å². The van der Waals surface area contributed by atoms with Gasteiger partial charge >= 0.3 is 13.8 Å². The van der Waals surface area contributed by atoms with E-state index in [1.54, 1.807) is 6.92 Å². The molecule has 1 heterocycles. The average molecular weight is 378 g/mol. The molecule has 1 aromatic rings. The van der Waals surface area contributed by atoms with E-state index in [-0.39, 0.29) is 29.1 Å². The minimum absolute atomic E-state index is 0.0416. The van der Waals surface area contributed by atoms with Gasteiger partial charge in [-0.2, -0.15) is 11.8 Å². The van der Waals surface area contributed by atoms with Gasteiger partial charge in [-0.1, -0.05) is 0 Å². The molecule has 0 amide bonds. The summed E-state index contributed by atoms with van der Waals surface area (Å²) in [5, 5.41) is 21.9. The summed E-state index contributed by atoms with van der Waals surface area (Å²) in [4.78, 5) is 32.7. The lowest BCUT2D eigenvalue weighted by Crippen LogP contribution is -2.21. The van der Waals surface area contributed by atoms with Crippen molar-refractivity contribution in [3.8, 4) is 5.75 Å². The Morgan fingerprint density at radius 1 is 1.50 bits per heavy atom. The molecule has 134 valence electrons. The Kier molecular flexibility index (Phi) is 7.71. The van der Waals surface area contributed by atoms with E-state index < -0.39 is 20.4 Å². The molecule has 0 saturated carbocycles. The Hall–Kier alpha value is -1.58. The molecule has 9 nitrogen and oxygen atoms in total. The third-order valence-electron chi connectivity index (χ3n) is 2.96. The number of phosphoric ester groups is 1. The molecule has 11 heteroatoms. The number of nitrogens with zero attached hydrogens (tertiary/aromatic N) is 1. The zero-order valence-electron chi connectivity index (χ0n) is 13.1. The van der Waals surface area contributed by atoms with Crippen LogP contribution in [0.2, 0.25) is 0 Å². The number of hydrogen-bond donors (Lipinski definition) is 5. The van der Waals surface area contributed by atoms with Crippen molar-refractivity contribution in [2.24, 2.45) is 0 Å². The summed E-state index contributed by atoms with van der Waals surface area (Å²) in [7, 11) is -4.68. The van der Waals surface area contributed by atoms with Crippen LogP contribution in [0.1, 0.15) is 16.8 Å². The minimum atomic E-state index is -4.68. The van der Waals surface area contributed by atoms with Crippen molar-refractivity contribution in [1.82, 2.24) is 10.3 Å². The van der Waals surface area contributed by atoms with Gasteiger partial charge in [-0.25, -0.2) is 9.36 Å². The van der Waals surface area contributed by atoms with Crippen LogP contribution in [0, 0.1) is 6.92 Å². The Morgan fingerprint density at radius 3 is 2.71 bits per heavy atom. The second-order valence-electron chi connectivity index (χ2n) is 4.69. The molecule has 0 unspecified atom stereocenters. The van der Waals surface area contributed by atoms with Gasteiger partial charge in [-0.15, -0.1) is 0 Å². The molecule has 1 aromatic heterocycles. The van der Waals surface area contributed by atoms with Crippen molar-refractivity contribution < 1.29 is 33.9 Å². The van der Waals surface area contributed by atoms with E-state index in [1.165, 1.54) is 24.0 Å². The minimum Gasteiger partial charge on any atom is -0.506 e. The molecule has 0 fully saturated rings. The van der Waals surface area contributed by atoms with Crippen molar-refractivity contribution in [2.45, 2.75) is 20.1 Å². The molecule has 0 spiro atoms. The lowest BCUT2D eigenvalue weighted by Gasteiger charge is -2.15. The van der Waals surface area contributed by atoms with Crippen LogP contribution < -0.4 is 5.32 Å². The summed E-state index contributed by atoms with van der Waals surface area (Å²) in [5.41, 5.74) is 0.757. The third-order valence-corrected chi connectivity index (χ3v) is 3.92. The second kappa shape index (κ2) is 9.05. The molecular formula is C13H19N2O7PS. The number of aromatic nitrogens is 1. The van der Waals surface area contributed by atoms with Crippen LogP contribution in [-0.4, -0.2) is 43.0 Å². The van der Waals surface area contributed by atoms with Gasteiger partial charge in [0.15, 0.2) is 0 Å². The first-order valence-corrected chi connectivity index (χ1v) is 9.60. The lowest BCUT2D eigenvalue weighted by atomic mass is 10.1. The van der Waals surface area contributed by atoms with E-state index in [2.05, 4.69) is 14.8 Å². The highest BCUT2D eigenvalue weighted by atomic mass is 32.2. The van der Waals surface area contributed by atoms with Crippen LogP contribution in [0.5, 0.6) is 5.75 Å². The van der Waals surface area contributed by atoms with Gasteiger partial charge in [0.1, 0.15) is 11.4 Å². The number of carboxylic acid groups (broad SMARTS) is 1. The molecule has 0 aliphatic carbocycles. The molecule has 0 aliphatic rings. The first-order chi connectivity index (χ1) is 11.2. The number of nitrogens with one attached hydrogen (secondary N) is 1. The quantitative estimate of drug-likeness (QED) is 0.312. The Morgan fingerprint density at radius 2 is 2.17 bits per heavy atom. The van der Waals surface area contributed by atoms with Gasteiger partial charge in [0.05, 0.1) is 12.3 Å². The molecule has 1 rings (SSSR count). The van der Waals surface area contributed by atoms with Crippen LogP contribution in [-0.2, 0) is 27.0 Å².